The van der Waals surface area contributed by atoms with E-state index in [4.69, 9.17) is 14.2 Å². The van der Waals surface area contributed by atoms with Crippen LogP contribution < -0.4 is 14.2 Å². The molecular formula is C14H12O4. The van der Waals surface area contributed by atoms with Gasteiger partial charge in [0.2, 0.25) is 6.79 Å². The van der Waals surface area contributed by atoms with Gasteiger partial charge in [0.1, 0.15) is 11.5 Å². The first-order valence-electron chi connectivity index (χ1n) is 6.17. The fourth-order valence-electron chi connectivity index (χ4n) is 2.70. The molecule has 4 nitrogen and oxygen atoms in total. The zero-order valence-electron chi connectivity index (χ0n) is 9.82. The minimum Gasteiger partial charge on any atom is -0.461 e. The van der Waals surface area contributed by atoms with E-state index in [1.807, 2.05) is 12.1 Å². The van der Waals surface area contributed by atoms with Crippen LogP contribution in [-0.4, -0.2) is 12.6 Å². The lowest BCUT2D eigenvalue weighted by Crippen LogP contribution is -2.20. The zero-order valence-corrected chi connectivity index (χ0v) is 9.82. The predicted molar refractivity (Wildman–Crippen MR) is 62.8 cm³/mol. The van der Waals surface area contributed by atoms with E-state index in [2.05, 4.69) is 0 Å². The van der Waals surface area contributed by atoms with E-state index in [0.29, 0.717) is 12.8 Å². The minimum absolute atomic E-state index is 0.222. The van der Waals surface area contributed by atoms with Gasteiger partial charge in [-0.3, -0.25) is 4.79 Å². The van der Waals surface area contributed by atoms with Crippen molar-refractivity contribution in [1.82, 2.24) is 0 Å². The third-order valence-electron chi connectivity index (χ3n) is 3.64. The van der Waals surface area contributed by atoms with Crippen LogP contribution in [0.5, 0.6) is 17.2 Å². The second-order valence-electron chi connectivity index (χ2n) is 4.77. The smallest absolute Gasteiger partial charge is 0.231 e. The van der Waals surface area contributed by atoms with E-state index in [-0.39, 0.29) is 12.6 Å². The highest BCUT2D eigenvalue weighted by atomic mass is 16.7. The molecule has 0 spiro atoms. The summed E-state index contributed by atoms with van der Waals surface area (Å²) < 4.78 is 16.5. The summed E-state index contributed by atoms with van der Waals surface area (Å²) in [4.78, 5) is 11.9. The topological polar surface area (TPSA) is 44.8 Å². The van der Waals surface area contributed by atoms with Gasteiger partial charge in [-0.1, -0.05) is 0 Å². The normalized spacial score (nSPS) is 20.3. The van der Waals surface area contributed by atoms with Crippen molar-refractivity contribution in [3.63, 3.8) is 0 Å². The molecule has 1 aromatic rings. The van der Waals surface area contributed by atoms with Gasteiger partial charge >= 0.3 is 0 Å². The first-order valence-corrected chi connectivity index (χ1v) is 6.17. The zero-order chi connectivity index (χ0) is 12.1. The Bertz CT molecular complexity index is 586. The van der Waals surface area contributed by atoms with Crippen LogP contribution in [0.25, 0.3) is 0 Å². The predicted octanol–water partition coefficient (Wildman–Crippen LogP) is 2.36. The molecule has 4 heteroatoms. The maximum atomic E-state index is 11.9. The van der Waals surface area contributed by atoms with E-state index in [1.165, 1.54) is 0 Å². The van der Waals surface area contributed by atoms with E-state index in [0.717, 1.165) is 47.0 Å². The van der Waals surface area contributed by atoms with E-state index < -0.39 is 0 Å². The highest BCUT2D eigenvalue weighted by Gasteiger charge is 2.29. The van der Waals surface area contributed by atoms with Crippen LogP contribution in [0, 0.1) is 0 Å². The van der Waals surface area contributed by atoms with Crippen LogP contribution in [-0.2, 0) is 11.2 Å². The lowest BCUT2D eigenvalue weighted by atomic mass is 9.89. The van der Waals surface area contributed by atoms with Crippen LogP contribution >= 0.6 is 0 Å². The molecule has 1 aliphatic carbocycles. The van der Waals surface area contributed by atoms with Crippen molar-refractivity contribution in [2.75, 3.05) is 6.79 Å². The molecule has 0 atom stereocenters. The number of benzene rings is 1. The fraction of sp³-hybridized carbons (Fsp3) is 0.357. The number of hydrogen-bond donors (Lipinski definition) is 0. The van der Waals surface area contributed by atoms with Crippen LogP contribution in [0.1, 0.15) is 24.8 Å². The fourth-order valence-corrected chi connectivity index (χ4v) is 2.70. The van der Waals surface area contributed by atoms with Gasteiger partial charge in [-0.2, -0.15) is 0 Å². The number of allylic oxidation sites excluding steroid dienone is 2. The van der Waals surface area contributed by atoms with Gasteiger partial charge in [-0.05, 0) is 12.5 Å². The average molecular weight is 244 g/mol. The minimum atomic E-state index is 0.222. The maximum absolute atomic E-state index is 11.9. The lowest BCUT2D eigenvalue weighted by Gasteiger charge is -2.26. The van der Waals surface area contributed by atoms with E-state index in [1.54, 1.807) is 0 Å². The van der Waals surface area contributed by atoms with Gasteiger partial charge in [-0.15, -0.1) is 0 Å². The third kappa shape index (κ3) is 1.35. The number of ether oxygens (including phenoxy) is 3. The molecule has 4 rings (SSSR count). The maximum Gasteiger partial charge on any atom is 0.231 e. The molecule has 0 bridgehead atoms. The quantitative estimate of drug-likeness (QED) is 0.702. The van der Waals surface area contributed by atoms with Gasteiger partial charge < -0.3 is 14.2 Å². The van der Waals surface area contributed by atoms with Crippen LogP contribution in [0.4, 0.5) is 0 Å². The molecule has 0 fully saturated rings. The van der Waals surface area contributed by atoms with Crippen molar-refractivity contribution in [2.45, 2.75) is 25.7 Å². The highest BCUT2D eigenvalue weighted by molar-refractivity contribution is 5.97. The Hall–Kier alpha value is -1.97. The summed E-state index contributed by atoms with van der Waals surface area (Å²) in [6, 6.07) is 3.78. The van der Waals surface area contributed by atoms with Gasteiger partial charge in [0, 0.05) is 36.5 Å². The molecule has 3 aliphatic rings. The monoisotopic (exact) mass is 244 g/mol. The Morgan fingerprint density at radius 2 is 1.83 bits per heavy atom. The molecule has 0 N–H and O–H groups in total. The number of rotatable bonds is 0. The Morgan fingerprint density at radius 3 is 2.72 bits per heavy atom. The second kappa shape index (κ2) is 3.51. The average Bonchev–Trinajstić information content (AvgIpc) is 2.81. The SMILES string of the molecule is O=C1CCCC2=C1Cc1cc3c(cc1O2)OCO3. The van der Waals surface area contributed by atoms with Crippen molar-refractivity contribution in [3.05, 3.63) is 29.0 Å². The second-order valence-corrected chi connectivity index (χ2v) is 4.77. The van der Waals surface area contributed by atoms with Crippen LogP contribution in [0.2, 0.25) is 0 Å². The van der Waals surface area contributed by atoms with Crippen LogP contribution in [0.15, 0.2) is 23.5 Å². The van der Waals surface area contributed by atoms with Crippen LogP contribution in [0.3, 0.4) is 0 Å². The number of ketones is 1. The molecule has 0 saturated heterocycles. The molecule has 18 heavy (non-hydrogen) atoms. The van der Waals surface area contributed by atoms with E-state index >= 15 is 0 Å². The summed E-state index contributed by atoms with van der Waals surface area (Å²) in [6.45, 7) is 0.254. The number of carbonyl (C=O) groups excluding carboxylic acids is 1. The number of Topliss-reactive ketones (excluding diaryl/α,β-unsaturated/α-hetero) is 1. The van der Waals surface area contributed by atoms with Gasteiger partial charge in [0.15, 0.2) is 17.3 Å². The lowest BCUT2D eigenvalue weighted by molar-refractivity contribution is -0.116. The van der Waals surface area contributed by atoms with Crippen molar-refractivity contribution in [2.24, 2.45) is 0 Å². The van der Waals surface area contributed by atoms with Crippen molar-refractivity contribution >= 4 is 5.78 Å². The summed E-state index contributed by atoms with van der Waals surface area (Å²) in [5.74, 6) is 3.33. The summed E-state index contributed by atoms with van der Waals surface area (Å²) in [7, 11) is 0. The Kier molecular flexibility index (Phi) is 1.95. The molecular weight excluding hydrogens is 232 g/mol. The largest absolute Gasteiger partial charge is 0.461 e. The highest BCUT2D eigenvalue weighted by Crippen LogP contribution is 2.43. The number of carbonyl (C=O) groups is 1. The summed E-state index contributed by atoms with van der Waals surface area (Å²) >= 11 is 0. The van der Waals surface area contributed by atoms with Crippen molar-refractivity contribution < 1.29 is 19.0 Å². The standard InChI is InChI=1S/C14H12O4/c15-10-2-1-3-11-9(10)4-8-5-13-14(17-7-16-13)6-12(8)18-11/h5-6H,1-4,7H2. The molecule has 0 unspecified atom stereocenters. The third-order valence-corrected chi connectivity index (χ3v) is 3.64. The molecule has 0 aromatic heterocycles. The number of fused-ring (bicyclic) bond motifs is 2. The van der Waals surface area contributed by atoms with Gasteiger partial charge in [0.05, 0.1) is 0 Å². The molecule has 0 radical (unpaired) electrons. The first-order chi connectivity index (χ1) is 8.81. The van der Waals surface area contributed by atoms with E-state index in [9.17, 15) is 4.79 Å². The Morgan fingerprint density at radius 1 is 1.00 bits per heavy atom. The Balaban J connectivity index is 1.79. The number of hydrogen-bond acceptors (Lipinski definition) is 4. The first kappa shape index (κ1) is 10.00. The summed E-state index contributed by atoms with van der Waals surface area (Å²) in [5.41, 5.74) is 1.85. The summed E-state index contributed by atoms with van der Waals surface area (Å²) in [5, 5.41) is 0. The molecule has 1 aromatic carbocycles. The molecule has 2 heterocycles. The van der Waals surface area contributed by atoms with Gasteiger partial charge in [-0.25, -0.2) is 0 Å². The van der Waals surface area contributed by atoms with Gasteiger partial charge in [0.25, 0.3) is 0 Å². The molecule has 0 amide bonds. The molecule has 0 saturated carbocycles. The Labute approximate surface area is 104 Å². The molecule has 2 aliphatic heterocycles. The summed E-state index contributed by atoms with van der Waals surface area (Å²) in [6.07, 6.45) is 3.04. The van der Waals surface area contributed by atoms with Crippen molar-refractivity contribution in [1.29, 1.82) is 0 Å². The molecule has 92 valence electrons. The van der Waals surface area contributed by atoms with Crippen molar-refractivity contribution in [3.8, 4) is 17.2 Å².